The molecule has 0 aliphatic heterocycles. The molecule has 7 heteroatoms. The van der Waals surface area contributed by atoms with Crippen LogP contribution in [0.3, 0.4) is 0 Å². The quantitative estimate of drug-likeness (QED) is 0.418. The van der Waals surface area contributed by atoms with E-state index in [1.807, 2.05) is 55.5 Å². The standard InChI is InChI=1S/C25H27BrN2O3S/c1-19(12-13-20-8-4-2-5-9-20)27-25(29)24(18-21-10-6-3-7-11-21)28-32(30,31)23-16-14-22(26)15-17-23/h2-11,14-17,19,24,28H,12-13,18H2,1H3,(H,27,29)/t19-,24-/m0/s1. The van der Waals surface area contributed by atoms with Gasteiger partial charge in [0, 0.05) is 10.5 Å². The summed E-state index contributed by atoms with van der Waals surface area (Å²) in [5, 5.41) is 2.98. The zero-order valence-corrected chi connectivity index (χ0v) is 20.3. The number of nitrogens with one attached hydrogen (secondary N) is 2. The average molecular weight is 515 g/mol. The first kappa shape index (κ1) is 24.2. The fraction of sp³-hybridized carbons (Fsp3) is 0.240. The van der Waals surface area contributed by atoms with Gasteiger partial charge in [0.25, 0.3) is 0 Å². The van der Waals surface area contributed by atoms with Gasteiger partial charge in [0.05, 0.1) is 4.90 Å². The highest BCUT2D eigenvalue weighted by Gasteiger charge is 2.27. The third-order valence-corrected chi connectivity index (χ3v) is 7.13. The van der Waals surface area contributed by atoms with E-state index >= 15 is 0 Å². The molecule has 0 aliphatic carbocycles. The van der Waals surface area contributed by atoms with Gasteiger partial charge in [-0.3, -0.25) is 4.79 Å². The Morgan fingerprint density at radius 2 is 1.44 bits per heavy atom. The van der Waals surface area contributed by atoms with Crippen molar-refractivity contribution < 1.29 is 13.2 Å². The number of halogens is 1. The zero-order valence-electron chi connectivity index (χ0n) is 17.9. The molecule has 3 aromatic carbocycles. The highest BCUT2D eigenvalue weighted by Crippen LogP contribution is 2.16. The molecule has 1 amide bonds. The van der Waals surface area contributed by atoms with Crippen molar-refractivity contribution in [2.45, 2.75) is 43.2 Å². The van der Waals surface area contributed by atoms with Crippen molar-refractivity contribution in [1.82, 2.24) is 10.0 Å². The van der Waals surface area contributed by atoms with Gasteiger partial charge in [0.2, 0.25) is 15.9 Å². The highest BCUT2D eigenvalue weighted by atomic mass is 79.9. The van der Waals surface area contributed by atoms with Crippen molar-refractivity contribution in [3.8, 4) is 0 Å². The minimum absolute atomic E-state index is 0.0989. The van der Waals surface area contributed by atoms with E-state index in [0.717, 1.165) is 22.9 Å². The predicted molar refractivity (Wildman–Crippen MR) is 131 cm³/mol. The first-order valence-electron chi connectivity index (χ1n) is 10.5. The zero-order chi connectivity index (χ0) is 23.0. The Balaban J connectivity index is 1.71. The lowest BCUT2D eigenvalue weighted by Crippen LogP contribution is -2.50. The Labute approximate surface area is 198 Å². The molecule has 0 aliphatic rings. The Bertz CT molecular complexity index is 1100. The molecule has 5 nitrogen and oxygen atoms in total. The van der Waals surface area contributed by atoms with Crippen molar-refractivity contribution in [3.05, 3.63) is 101 Å². The molecular weight excluding hydrogens is 488 g/mol. The Morgan fingerprint density at radius 3 is 2.03 bits per heavy atom. The third kappa shape index (κ3) is 7.29. The van der Waals surface area contributed by atoms with Crippen LogP contribution < -0.4 is 10.0 Å². The summed E-state index contributed by atoms with van der Waals surface area (Å²) in [7, 11) is -3.86. The summed E-state index contributed by atoms with van der Waals surface area (Å²) in [6, 6.07) is 24.8. The minimum Gasteiger partial charge on any atom is -0.352 e. The van der Waals surface area contributed by atoms with Crippen LogP contribution in [0, 0.1) is 0 Å². The number of aryl methyl sites for hydroxylation is 1. The fourth-order valence-corrected chi connectivity index (χ4v) is 4.81. The lowest BCUT2D eigenvalue weighted by Gasteiger charge is -2.22. The molecular formula is C25H27BrN2O3S. The monoisotopic (exact) mass is 514 g/mol. The molecule has 0 radical (unpaired) electrons. The van der Waals surface area contributed by atoms with E-state index in [-0.39, 0.29) is 23.3 Å². The maximum atomic E-state index is 13.1. The highest BCUT2D eigenvalue weighted by molar-refractivity contribution is 9.10. The van der Waals surface area contributed by atoms with Gasteiger partial charge < -0.3 is 5.32 Å². The Hall–Kier alpha value is -2.48. The van der Waals surface area contributed by atoms with E-state index in [1.165, 1.54) is 17.7 Å². The van der Waals surface area contributed by atoms with Gasteiger partial charge in [-0.05, 0) is 61.6 Å². The first-order chi connectivity index (χ1) is 15.3. The van der Waals surface area contributed by atoms with Crippen LogP contribution in [-0.4, -0.2) is 26.4 Å². The summed E-state index contributed by atoms with van der Waals surface area (Å²) in [5.41, 5.74) is 2.08. The van der Waals surface area contributed by atoms with Crippen molar-refractivity contribution in [2.75, 3.05) is 0 Å². The average Bonchev–Trinajstić information content (AvgIpc) is 2.79. The summed E-state index contributed by atoms with van der Waals surface area (Å²) in [4.78, 5) is 13.2. The number of carbonyl (C=O) groups is 1. The van der Waals surface area contributed by atoms with E-state index < -0.39 is 16.1 Å². The second-order valence-corrected chi connectivity index (χ2v) is 10.4. The minimum atomic E-state index is -3.86. The van der Waals surface area contributed by atoms with E-state index in [4.69, 9.17) is 0 Å². The number of amides is 1. The van der Waals surface area contributed by atoms with Gasteiger partial charge in [0.1, 0.15) is 6.04 Å². The molecule has 0 heterocycles. The van der Waals surface area contributed by atoms with Crippen molar-refractivity contribution >= 4 is 31.9 Å². The maximum Gasteiger partial charge on any atom is 0.241 e. The first-order valence-corrected chi connectivity index (χ1v) is 12.8. The van der Waals surface area contributed by atoms with E-state index in [2.05, 4.69) is 38.1 Å². The van der Waals surface area contributed by atoms with Crippen LogP contribution in [0.4, 0.5) is 0 Å². The van der Waals surface area contributed by atoms with Crippen LogP contribution in [0.5, 0.6) is 0 Å². The molecule has 0 spiro atoms. The normalized spacial score (nSPS) is 13.3. The van der Waals surface area contributed by atoms with Gasteiger partial charge in [0.15, 0.2) is 0 Å². The third-order valence-electron chi connectivity index (χ3n) is 5.12. The van der Waals surface area contributed by atoms with Crippen LogP contribution in [0.2, 0.25) is 0 Å². The summed E-state index contributed by atoms with van der Waals surface area (Å²) in [6.45, 7) is 1.93. The predicted octanol–water partition coefficient (Wildman–Crippen LogP) is 4.48. The molecule has 0 aromatic heterocycles. The fourth-order valence-electron chi connectivity index (χ4n) is 3.35. The summed E-state index contributed by atoms with van der Waals surface area (Å²) >= 11 is 3.31. The second-order valence-electron chi connectivity index (χ2n) is 7.75. The largest absolute Gasteiger partial charge is 0.352 e. The smallest absolute Gasteiger partial charge is 0.241 e. The van der Waals surface area contributed by atoms with Crippen LogP contribution in [0.15, 0.2) is 94.3 Å². The van der Waals surface area contributed by atoms with Gasteiger partial charge in [-0.25, -0.2) is 8.42 Å². The van der Waals surface area contributed by atoms with E-state index in [9.17, 15) is 13.2 Å². The van der Waals surface area contributed by atoms with Gasteiger partial charge in [-0.2, -0.15) is 4.72 Å². The molecule has 2 atom stereocenters. The molecule has 0 bridgehead atoms. The molecule has 0 unspecified atom stereocenters. The summed E-state index contributed by atoms with van der Waals surface area (Å²) in [6.07, 6.45) is 1.84. The molecule has 32 heavy (non-hydrogen) atoms. The molecule has 3 aromatic rings. The second kappa shape index (κ2) is 11.4. The molecule has 0 saturated carbocycles. The number of hydrogen-bond acceptors (Lipinski definition) is 3. The number of benzene rings is 3. The van der Waals surface area contributed by atoms with Crippen LogP contribution in [-0.2, 0) is 27.7 Å². The molecule has 168 valence electrons. The number of sulfonamides is 1. The van der Waals surface area contributed by atoms with Crippen LogP contribution >= 0.6 is 15.9 Å². The van der Waals surface area contributed by atoms with Gasteiger partial charge in [-0.1, -0.05) is 76.6 Å². The Kier molecular flexibility index (Phi) is 8.61. The number of carbonyl (C=O) groups excluding carboxylic acids is 1. The van der Waals surface area contributed by atoms with Crippen molar-refractivity contribution in [1.29, 1.82) is 0 Å². The van der Waals surface area contributed by atoms with Gasteiger partial charge in [-0.15, -0.1) is 0 Å². The van der Waals surface area contributed by atoms with E-state index in [1.54, 1.807) is 12.1 Å². The maximum absolute atomic E-state index is 13.1. The van der Waals surface area contributed by atoms with Crippen molar-refractivity contribution in [3.63, 3.8) is 0 Å². The van der Waals surface area contributed by atoms with Crippen LogP contribution in [0.1, 0.15) is 24.5 Å². The topological polar surface area (TPSA) is 75.3 Å². The molecule has 0 fully saturated rings. The molecule has 2 N–H and O–H groups in total. The van der Waals surface area contributed by atoms with Gasteiger partial charge >= 0.3 is 0 Å². The summed E-state index contributed by atoms with van der Waals surface area (Å²) < 4.78 is 29.3. The lowest BCUT2D eigenvalue weighted by molar-refractivity contribution is -0.123. The number of hydrogen-bond donors (Lipinski definition) is 2. The van der Waals surface area contributed by atoms with Crippen molar-refractivity contribution in [2.24, 2.45) is 0 Å². The number of rotatable bonds is 10. The van der Waals surface area contributed by atoms with Crippen LogP contribution in [0.25, 0.3) is 0 Å². The summed E-state index contributed by atoms with van der Waals surface area (Å²) in [5.74, 6) is -0.338. The molecule has 3 rings (SSSR count). The lowest BCUT2D eigenvalue weighted by atomic mass is 10.0. The Morgan fingerprint density at radius 1 is 0.875 bits per heavy atom. The molecule has 0 saturated heterocycles. The SMILES string of the molecule is C[C@@H](CCc1ccccc1)NC(=O)[C@H](Cc1ccccc1)NS(=O)(=O)c1ccc(Br)cc1. The van der Waals surface area contributed by atoms with E-state index in [0.29, 0.717) is 0 Å².